The van der Waals surface area contributed by atoms with Gasteiger partial charge in [-0.05, 0) is 23.1 Å². The third-order valence-corrected chi connectivity index (χ3v) is 2.59. The number of hydrogen-bond acceptors (Lipinski definition) is 2. The van der Waals surface area contributed by atoms with E-state index in [0.717, 1.165) is 6.07 Å². The van der Waals surface area contributed by atoms with E-state index in [1.165, 1.54) is 12.1 Å². The van der Waals surface area contributed by atoms with Crippen LogP contribution in [0.1, 0.15) is 26.3 Å². The molecule has 0 aromatic heterocycles. The van der Waals surface area contributed by atoms with Crippen molar-refractivity contribution in [3.8, 4) is 0 Å². The van der Waals surface area contributed by atoms with Gasteiger partial charge in [-0.1, -0.05) is 20.8 Å². The molecule has 1 aromatic rings. The molecular weight excluding hydrogens is 224 g/mol. The zero-order valence-electron chi connectivity index (χ0n) is 10.4. The van der Waals surface area contributed by atoms with Crippen molar-refractivity contribution in [3.05, 3.63) is 35.4 Å². The van der Waals surface area contributed by atoms with Gasteiger partial charge in [0.2, 0.25) is 0 Å². The number of aliphatic hydroxyl groups excluding tert-OH is 1. The Bertz CT molecular complexity index is 354. The minimum absolute atomic E-state index is 0.208. The minimum Gasteiger partial charge on any atom is -0.391 e. The van der Waals surface area contributed by atoms with Gasteiger partial charge in [-0.3, -0.25) is 0 Å². The fourth-order valence-corrected chi connectivity index (χ4v) is 1.37. The molecule has 1 atom stereocenters. The van der Waals surface area contributed by atoms with E-state index in [-0.39, 0.29) is 5.41 Å². The SMILES string of the molecule is CC(C)(C)C(O)CNCc1cc(F)cc(F)c1. The number of rotatable bonds is 4. The summed E-state index contributed by atoms with van der Waals surface area (Å²) in [6, 6.07) is 3.40. The maximum absolute atomic E-state index is 12.9. The van der Waals surface area contributed by atoms with Crippen LogP contribution >= 0.6 is 0 Å². The molecule has 0 aliphatic heterocycles. The van der Waals surface area contributed by atoms with Crippen LogP contribution in [0, 0.1) is 17.0 Å². The lowest BCUT2D eigenvalue weighted by molar-refractivity contribution is 0.0627. The fraction of sp³-hybridized carbons (Fsp3) is 0.538. The van der Waals surface area contributed by atoms with E-state index in [1.54, 1.807) is 0 Å². The largest absolute Gasteiger partial charge is 0.391 e. The van der Waals surface area contributed by atoms with E-state index < -0.39 is 17.7 Å². The predicted molar refractivity (Wildman–Crippen MR) is 63.5 cm³/mol. The standard InChI is InChI=1S/C13H19F2NO/c1-13(2,3)12(17)8-16-7-9-4-10(14)6-11(15)5-9/h4-6,12,16-17H,7-8H2,1-3H3. The van der Waals surface area contributed by atoms with Crippen LogP contribution in [-0.2, 0) is 6.54 Å². The molecule has 2 N–H and O–H groups in total. The van der Waals surface area contributed by atoms with Crippen molar-refractivity contribution in [1.29, 1.82) is 0 Å². The van der Waals surface area contributed by atoms with E-state index in [9.17, 15) is 13.9 Å². The molecule has 1 rings (SSSR count). The van der Waals surface area contributed by atoms with Crippen LogP contribution in [0.2, 0.25) is 0 Å². The maximum Gasteiger partial charge on any atom is 0.126 e. The zero-order valence-corrected chi connectivity index (χ0v) is 10.4. The molecule has 0 aliphatic carbocycles. The second kappa shape index (κ2) is 5.56. The molecule has 0 fully saturated rings. The molecule has 0 amide bonds. The second-order valence-corrected chi connectivity index (χ2v) is 5.29. The summed E-state index contributed by atoms with van der Waals surface area (Å²) in [4.78, 5) is 0. The Balaban J connectivity index is 2.46. The quantitative estimate of drug-likeness (QED) is 0.851. The summed E-state index contributed by atoms with van der Waals surface area (Å²) >= 11 is 0. The molecule has 17 heavy (non-hydrogen) atoms. The van der Waals surface area contributed by atoms with Gasteiger partial charge in [0.1, 0.15) is 11.6 Å². The molecule has 0 heterocycles. The highest BCUT2D eigenvalue weighted by Crippen LogP contribution is 2.18. The van der Waals surface area contributed by atoms with Crippen LogP contribution in [0.5, 0.6) is 0 Å². The van der Waals surface area contributed by atoms with Crippen molar-refractivity contribution in [1.82, 2.24) is 5.32 Å². The van der Waals surface area contributed by atoms with Gasteiger partial charge in [-0.2, -0.15) is 0 Å². The van der Waals surface area contributed by atoms with Gasteiger partial charge in [0.25, 0.3) is 0 Å². The van der Waals surface area contributed by atoms with Gasteiger partial charge in [0.05, 0.1) is 6.10 Å². The van der Waals surface area contributed by atoms with Crippen LogP contribution in [0.15, 0.2) is 18.2 Å². The molecule has 4 heteroatoms. The Kier molecular flexibility index (Phi) is 4.60. The molecule has 1 unspecified atom stereocenters. The molecule has 0 saturated carbocycles. The summed E-state index contributed by atoms with van der Waals surface area (Å²) in [6.07, 6.45) is -0.499. The molecule has 96 valence electrons. The Morgan fingerprint density at radius 1 is 1.18 bits per heavy atom. The van der Waals surface area contributed by atoms with Gasteiger partial charge >= 0.3 is 0 Å². The first-order valence-electron chi connectivity index (χ1n) is 5.63. The van der Waals surface area contributed by atoms with Gasteiger partial charge in [-0.15, -0.1) is 0 Å². The third kappa shape index (κ3) is 4.79. The van der Waals surface area contributed by atoms with E-state index in [0.29, 0.717) is 18.7 Å². The Hall–Kier alpha value is -1.00. The van der Waals surface area contributed by atoms with Crippen molar-refractivity contribution in [2.45, 2.75) is 33.4 Å². The average molecular weight is 243 g/mol. The van der Waals surface area contributed by atoms with E-state index >= 15 is 0 Å². The average Bonchev–Trinajstić information content (AvgIpc) is 2.14. The molecule has 0 radical (unpaired) electrons. The van der Waals surface area contributed by atoms with Crippen molar-refractivity contribution in [3.63, 3.8) is 0 Å². The van der Waals surface area contributed by atoms with Crippen LogP contribution in [0.25, 0.3) is 0 Å². The van der Waals surface area contributed by atoms with Gasteiger partial charge in [0, 0.05) is 19.2 Å². The van der Waals surface area contributed by atoms with Gasteiger partial charge < -0.3 is 10.4 Å². The number of aliphatic hydroxyl groups is 1. The van der Waals surface area contributed by atoms with E-state index in [1.807, 2.05) is 20.8 Å². The normalized spacial score (nSPS) is 13.8. The molecule has 2 nitrogen and oxygen atoms in total. The summed E-state index contributed by atoms with van der Waals surface area (Å²) < 4.78 is 25.8. The van der Waals surface area contributed by atoms with Gasteiger partial charge in [-0.25, -0.2) is 8.78 Å². The molecular formula is C13H19F2NO. The van der Waals surface area contributed by atoms with Crippen molar-refractivity contribution < 1.29 is 13.9 Å². The Morgan fingerprint density at radius 2 is 1.71 bits per heavy atom. The smallest absolute Gasteiger partial charge is 0.126 e. The maximum atomic E-state index is 12.9. The van der Waals surface area contributed by atoms with Crippen molar-refractivity contribution in [2.24, 2.45) is 5.41 Å². The molecule has 0 aliphatic rings. The van der Waals surface area contributed by atoms with Gasteiger partial charge in [0.15, 0.2) is 0 Å². The molecule has 1 aromatic carbocycles. The number of halogens is 2. The number of benzene rings is 1. The summed E-state index contributed by atoms with van der Waals surface area (Å²) in [5.41, 5.74) is 0.323. The monoisotopic (exact) mass is 243 g/mol. The van der Waals surface area contributed by atoms with Crippen molar-refractivity contribution in [2.75, 3.05) is 6.54 Å². The second-order valence-electron chi connectivity index (χ2n) is 5.29. The Morgan fingerprint density at radius 3 is 2.18 bits per heavy atom. The van der Waals surface area contributed by atoms with Crippen LogP contribution < -0.4 is 5.32 Å². The highest BCUT2D eigenvalue weighted by Gasteiger charge is 2.21. The summed E-state index contributed by atoms with van der Waals surface area (Å²) in [5, 5.41) is 12.7. The van der Waals surface area contributed by atoms with E-state index in [4.69, 9.17) is 0 Å². The van der Waals surface area contributed by atoms with Crippen LogP contribution in [-0.4, -0.2) is 17.8 Å². The van der Waals surface area contributed by atoms with Crippen molar-refractivity contribution >= 4 is 0 Å². The lowest BCUT2D eigenvalue weighted by Gasteiger charge is -2.26. The molecule has 0 saturated heterocycles. The lowest BCUT2D eigenvalue weighted by atomic mass is 9.89. The third-order valence-electron chi connectivity index (χ3n) is 2.59. The lowest BCUT2D eigenvalue weighted by Crippen LogP contribution is -2.36. The minimum atomic E-state index is -0.585. The number of hydrogen-bond donors (Lipinski definition) is 2. The number of nitrogens with one attached hydrogen (secondary N) is 1. The molecule has 0 bridgehead atoms. The first kappa shape index (κ1) is 14.1. The Labute approximate surface area is 101 Å². The fourth-order valence-electron chi connectivity index (χ4n) is 1.37. The molecule has 0 spiro atoms. The zero-order chi connectivity index (χ0) is 13.1. The summed E-state index contributed by atoms with van der Waals surface area (Å²) in [6.45, 7) is 6.52. The van der Waals surface area contributed by atoms with Crippen LogP contribution in [0.4, 0.5) is 8.78 Å². The first-order chi connectivity index (χ1) is 7.79. The predicted octanol–water partition coefficient (Wildman–Crippen LogP) is 2.46. The highest BCUT2D eigenvalue weighted by atomic mass is 19.1. The first-order valence-corrected chi connectivity index (χ1v) is 5.63. The van der Waals surface area contributed by atoms with Crippen LogP contribution in [0.3, 0.4) is 0 Å². The summed E-state index contributed by atoms with van der Waals surface area (Å²) in [7, 11) is 0. The highest BCUT2D eigenvalue weighted by molar-refractivity contribution is 5.17. The topological polar surface area (TPSA) is 32.3 Å². The van der Waals surface area contributed by atoms with E-state index in [2.05, 4.69) is 5.32 Å². The summed E-state index contributed by atoms with van der Waals surface area (Å²) in [5.74, 6) is -1.17.